The van der Waals surface area contributed by atoms with Gasteiger partial charge in [-0.15, -0.1) is 0 Å². The fraction of sp³-hybridized carbons (Fsp3) is 0.909. The monoisotopic (exact) mass is 199 g/mol. The van der Waals surface area contributed by atoms with Crippen molar-refractivity contribution in [3.8, 4) is 0 Å². The Balaban J connectivity index is 2.25. The first-order chi connectivity index (χ1) is 6.74. The number of nitrogens with one attached hydrogen (secondary N) is 1. The summed E-state index contributed by atoms with van der Waals surface area (Å²) in [6.45, 7) is 6.70. The maximum atomic E-state index is 11.3. The van der Waals surface area contributed by atoms with Gasteiger partial charge in [0, 0.05) is 6.42 Å². The van der Waals surface area contributed by atoms with Gasteiger partial charge in [0.15, 0.2) is 0 Å². The summed E-state index contributed by atoms with van der Waals surface area (Å²) in [4.78, 5) is 11.3. The highest BCUT2D eigenvalue weighted by Gasteiger charge is 2.22. The van der Waals surface area contributed by atoms with Gasteiger partial charge in [0.1, 0.15) is 0 Å². The molecule has 1 heterocycles. The normalized spacial score (nSPS) is 20.4. The number of ether oxygens (including phenoxy) is 1. The first kappa shape index (κ1) is 11.5. The molecule has 1 N–H and O–H groups in total. The Morgan fingerprint density at radius 3 is 2.71 bits per heavy atom. The zero-order chi connectivity index (χ0) is 10.4. The summed E-state index contributed by atoms with van der Waals surface area (Å²) in [7, 11) is 0. The van der Waals surface area contributed by atoms with Crippen molar-refractivity contribution >= 4 is 5.97 Å². The molecule has 1 saturated heterocycles. The first-order valence-electron chi connectivity index (χ1n) is 5.60. The van der Waals surface area contributed by atoms with E-state index < -0.39 is 0 Å². The van der Waals surface area contributed by atoms with Gasteiger partial charge in [0.05, 0.1) is 6.61 Å². The van der Waals surface area contributed by atoms with E-state index >= 15 is 0 Å². The van der Waals surface area contributed by atoms with Crippen molar-refractivity contribution in [1.29, 1.82) is 0 Å². The molecule has 0 saturated carbocycles. The smallest absolute Gasteiger partial charge is 0.306 e. The molecule has 0 aliphatic carbocycles. The van der Waals surface area contributed by atoms with Crippen LogP contribution in [-0.4, -0.2) is 25.7 Å². The van der Waals surface area contributed by atoms with Crippen LogP contribution in [0.3, 0.4) is 0 Å². The van der Waals surface area contributed by atoms with E-state index in [4.69, 9.17) is 4.74 Å². The third kappa shape index (κ3) is 3.66. The van der Waals surface area contributed by atoms with Crippen molar-refractivity contribution in [3.63, 3.8) is 0 Å². The van der Waals surface area contributed by atoms with Crippen LogP contribution < -0.4 is 5.32 Å². The highest BCUT2D eigenvalue weighted by atomic mass is 16.5. The molecule has 0 bridgehead atoms. The Labute approximate surface area is 86.2 Å². The minimum absolute atomic E-state index is 0.0430. The van der Waals surface area contributed by atoms with Crippen molar-refractivity contribution < 1.29 is 9.53 Å². The van der Waals surface area contributed by atoms with Crippen LogP contribution in [0.2, 0.25) is 0 Å². The molecule has 3 nitrogen and oxygen atoms in total. The number of carbonyl (C=O) groups is 1. The third-order valence-corrected chi connectivity index (χ3v) is 2.98. The van der Waals surface area contributed by atoms with Gasteiger partial charge in [-0.2, -0.15) is 0 Å². The molecule has 1 unspecified atom stereocenters. The van der Waals surface area contributed by atoms with E-state index in [-0.39, 0.29) is 5.97 Å². The van der Waals surface area contributed by atoms with Gasteiger partial charge in [-0.05, 0) is 44.7 Å². The standard InChI is InChI=1S/C11H21NO2/c1-3-14-11(13)8-9(2)10-4-6-12-7-5-10/h9-10,12H,3-8H2,1-2H3. The Morgan fingerprint density at radius 2 is 2.14 bits per heavy atom. The molecule has 0 aromatic rings. The van der Waals surface area contributed by atoms with Crippen molar-refractivity contribution in [2.24, 2.45) is 11.8 Å². The zero-order valence-electron chi connectivity index (χ0n) is 9.21. The molecule has 82 valence electrons. The van der Waals surface area contributed by atoms with E-state index in [1.165, 1.54) is 12.8 Å². The quantitative estimate of drug-likeness (QED) is 0.698. The van der Waals surface area contributed by atoms with Crippen LogP contribution in [0.15, 0.2) is 0 Å². The number of carbonyl (C=O) groups excluding carboxylic acids is 1. The predicted molar refractivity (Wildman–Crippen MR) is 56.0 cm³/mol. The summed E-state index contributed by atoms with van der Waals surface area (Å²) in [5.74, 6) is 1.12. The fourth-order valence-electron chi connectivity index (χ4n) is 2.06. The molecule has 0 amide bonds. The van der Waals surface area contributed by atoms with Gasteiger partial charge in [0.2, 0.25) is 0 Å². The molecule has 14 heavy (non-hydrogen) atoms. The van der Waals surface area contributed by atoms with Crippen LogP contribution in [0, 0.1) is 11.8 Å². The van der Waals surface area contributed by atoms with E-state index in [0.29, 0.717) is 24.9 Å². The molecule has 3 heteroatoms. The molecule has 1 aliphatic rings. The second-order valence-electron chi connectivity index (χ2n) is 4.07. The second-order valence-corrected chi connectivity index (χ2v) is 4.07. The van der Waals surface area contributed by atoms with Gasteiger partial charge in [-0.1, -0.05) is 6.92 Å². The lowest BCUT2D eigenvalue weighted by Gasteiger charge is -2.27. The molecular formula is C11H21NO2. The van der Waals surface area contributed by atoms with E-state index in [9.17, 15) is 4.79 Å². The maximum Gasteiger partial charge on any atom is 0.306 e. The minimum atomic E-state index is -0.0430. The van der Waals surface area contributed by atoms with E-state index in [0.717, 1.165) is 13.1 Å². The summed E-state index contributed by atoms with van der Waals surface area (Å²) in [6.07, 6.45) is 2.97. The molecule has 0 aromatic carbocycles. The van der Waals surface area contributed by atoms with Gasteiger partial charge in [-0.3, -0.25) is 4.79 Å². The molecule has 1 fully saturated rings. The lowest BCUT2D eigenvalue weighted by molar-refractivity contribution is -0.144. The molecule has 0 aromatic heterocycles. The summed E-state index contributed by atoms with van der Waals surface area (Å²) in [5.41, 5.74) is 0. The summed E-state index contributed by atoms with van der Waals surface area (Å²) < 4.78 is 4.95. The van der Waals surface area contributed by atoms with Crippen LogP contribution in [0.4, 0.5) is 0 Å². The molecular weight excluding hydrogens is 178 g/mol. The fourth-order valence-corrected chi connectivity index (χ4v) is 2.06. The van der Waals surface area contributed by atoms with Crippen molar-refractivity contribution in [1.82, 2.24) is 5.32 Å². The number of hydrogen-bond donors (Lipinski definition) is 1. The highest BCUT2D eigenvalue weighted by Crippen LogP contribution is 2.24. The molecule has 0 radical (unpaired) electrons. The van der Waals surface area contributed by atoms with Crippen molar-refractivity contribution in [2.45, 2.75) is 33.1 Å². The summed E-state index contributed by atoms with van der Waals surface area (Å²) in [6, 6.07) is 0. The van der Waals surface area contributed by atoms with E-state index in [1.807, 2.05) is 6.92 Å². The number of rotatable bonds is 4. The van der Waals surface area contributed by atoms with Crippen LogP contribution in [0.1, 0.15) is 33.1 Å². The Hall–Kier alpha value is -0.570. The average Bonchev–Trinajstić information content (AvgIpc) is 2.19. The lowest BCUT2D eigenvalue weighted by atomic mass is 9.84. The Morgan fingerprint density at radius 1 is 1.50 bits per heavy atom. The van der Waals surface area contributed by atoms with Crippen LogP contribution >= 0.6 is 0 Å². The number of piperidine rings is 1. The van der Waals surface area contributed by atoms with Crippen LogP contribution in [0.5, 0.6) is 0 Å². The second kappa shape index (κ2) is 6.02. The van der Waals surface area contributed by atoms with E-state index in [1.54, 1.807) is 0 Å². The SMILES string of the molecule is CCOC(=O)CC(C)C1CCNCC1. The Bertz CT molecular complexity index is 176. The first-order valence-corrected chi connectivity index (χ1v) is 5.60. The predicted octanol–water partition coefficient (Wildman–Crippen LogP) is 1.58. The minimum Gasteiger partial charge on any atom is -0.466 e. The van der Waals surface area contributed by atoms with Crippen molar-refractivity contribution in [2.75, 3.05) is 19.7 Å². The highest BCUT2D eigenvalue weighted by molar-refractivity contribution is 5.69. The maximum absolute atomic E-state index is 11.3. The van der Waals surface area contributed by atoms with Crippen LogP contribution in [-0.2, 0) is 9.53 Å². The van der Waals surface area contributed by atoms with Crippen LogP contribution in [0.25, 0.3) is 0 Å². The Kier molecular flexibility index (Phi) is 4.94. The average molecular weight is 199 g/mol. The van der Waals surface area contributed by atoms with Gasteiger partial charge in [-0.25, -0.2) is 0 Å². The lowest BCUT2D eigenvalue weighted by Crippen LogP contribution is -2.31. The molecule has 1 aliphatic heterocycles. The number of hydrogen-bond acceptors (Lipinski definition) is 3. The van der Waals surface area contributed by atoms with Gasteiger partial charge < -0.3 is 10.1 Å². The molecule has 0 spiro atoms. The summed E-state index contributed by atoms with van der Waals surface area (Å²) >= 11 is 0. The third-order valence-electron chi connectivity index (χ3n) is 2.98. The van der Waals surface area contributed by atoms with E-state index in [2.05, 4.69) is 12.2 Å². The van der Waals surface area contributed by atoms with Crippen molar-refractivity contribution in [3.05, 3.63) is 0 Å². The topological polar surface area (TPSA) is 38.3 Å². The summed E-state index contributed by atoms with van der Waals surface area (Å²) in [5, 5.41) is 3.33. The number of esters is 1. The largest absolute Gasteiger partial charge is 0.466 e. The van der Waals surface area contributed by atoms with Gasteiger partial charge >= 0.3 is 5.97 Å². The van der Waals surface area contributed by atoms with Gasteiger partial charge in [0.25, 0.3) is 0 Å². The molecule has 1 rings (SSSR count). The zero-order valence-corrected chi connectivity index (χ0v) is 9.21. The molecule has 1 atom stereocenters.